The third kappa shape index (κ3) is 4.02. The van der Waals surface area contributed by atoms with E-state index < -0.39 is 16.1 Å². The molecule has 1 heterocycles. The Labute approximate surface area is 142 Å². The molecule has 7 heteroatoms. The second kappa shape index (κ2) is 6.64. The van der Waals surface area contributed by atoms with Gasteiger partial charge in [0.2, 0.25) is 5.69 Å². The molecule has 1 aliphatic rings. The van der Waals surface area contributed by atoms with Gasteiger partial charge >= 0.3 is 5.97 Å². The average Bonchev–Trinajstić information content (AvgIpc) is 2.65. The Morgan fingerprint density at radius 2 is 2.00 bits per heavy atom. The summed E-state index contributed by atoms with van der Waals surface area (Å²) in [5, 5.41) is 8.83. The summed E-state index contributed by atoms with van der Waals surface area (Å²) in [4.78, 5) is 10.8. The number of benzene rings is 1. The van der Waals surface area contributed by atoms with Gasteiger partial charge in [0.05, 0.1) is 15.5 Å². The van der Waals surface area contributed by atoms with Crippen molar-refractivity contribution in [2.45, 2.75) is 45.4 Å². The van der Waals surface area contributed by atoms with Gasteiger partial charge in [0, 0.05) is 37.1 Å². The summed E-state index contributed by atoms with van der Waals surface area (Å²) in [6.07, 6.45) is 0.846. The van der Waals surface area contributed by atoms with Crippen LogP contribution in [-0.2, 0) is 26.7 Å². The van der Waals surface area contributed by atoms with Crippen molar-refractivity contribution in [3.05, 3.63) is 29.3 Å². The van der Waals surface area contributed by atoms with E-state index >= 15 is 0 Å². The molecule has 6 nitrogen and oxygen atoms in total. The fraction of sp³-hybridized carbons (Fsp3) is 0.529. The number of nitrogens with zero attached hydrogens (tertiary/aromatic N) is 1. The van der Waals surface area contributed by atoms with E-state index in [9.17, 15) is 17.8 Å². The molecule has 0 bridgehead atoms. The normalized spacial score (nSPS) is 16.3. The Bertz CT molecular complexity index is 793. The van der Waals surface area contributed by atoms with Crippen LogP contribution in [0.2, 0.25) is 0 Å². The van der Waals surface area contributed by atoms with E-state index in [1.54, 1.807) is 0 Å². The summed E-state index contributed by atoms with van der Waals surface area (Å²) in [6, 6.07) is 5.90. The number of aryl methyl sites for hydroxylation is 1. The fourth-order valence-electron chi connectivity index (χ4n) is 3.13. The van der Waals surface area contributed by atoms with E-state index in [4.69, 9.17) is 5.11 Å². The molecule has 1 aromatic carbocycles. The van der Waals surface area contributed by atoms with Crippen LogP contribution < -0.4 is 0 Å². The van der Waals surface area contributed by atoms with Gasteiger partial charge in [-0.1, -0.05) is 6.07 Å². The van der Waals surface area contributed by atoms with Crippen molar-refractivity contribution in [2.24, 2.45) is 0 Å². The summed E-state index contributed by atoms with van der Waals surface area (Å²) in [7, 11) is -4.20. The zero-order valence-corrected chi connectivity index (χ0v) is 15.0. The van der Waals surface area contributed by atoms with Crippen molar-refractivity contribution in [3.8, 4) is 0 Å². The number of hydrogen-bond donors (Lipinski definition) is 1. The van der Waals surface area contributed by atoms with E-state index in [0.29, 0.717) is 13.0 Å². The van der Waals surface area contributed by atoms with Crippen molar-refractivity contribution in [1.29, 1.82) is 0 Å². The molecule has 132 valence electrons. The van der Waals surface area contributed by atoms with Crippen LogP contribution in [-0.4, -0.2) is 46.6 Å². The van der Waals surface area contributed by atoms with Crippen LogP contribution in [0, 0.1) is 0 Å². The van der Waals surface area contributed by atoms with Gasteiger partial charge in [0.15, 0.2) is 5.71 Å². The van der Waals surface area contributed by atoms with Crippen molar-refractivity contribution in [3.63, 3.8) is 0 Å². The molecule has 2 rings (SSSR count). The van der Waals surface area contributed by atoms with Crippen LogP contribution in [0.1, 0.15) is 44.7 Å². The highest BCUT2D eigenvalue weighted by Gasteiger charge is 2.42. The van der Waals surface area contributed by atoms with Gasteiger partial charge in [-0.05, 0) is 31.9 Å². The molecule has 1 N–H and O–H groups in total. The number of carbonyl (C=O) groups is 1. The largest absolute Gasteiger partial charge is 0.748 e. The van der Waals surface area contributed by atoms with E-state index in [1.165, 1.54) is 0 Å². The number of hydrogen-bond acceptors (Lipinski definition) is 4. The first-order valence-corrected chi connectivity index (χ1v) is 9.50. The molecule has 0 saturated carbocycles. The average molecular weight is 353 g/mol. The van der Waals surface area contributed by atoms with Crippen molar-refractivity contribution < 1.29 is 27.4 Å². The first-order valence-electron chi connectivity index (χ1n) is 7.92. The number of carboxylic acid groups (broad SMARTS) is 1. The zero-order valence-electron chi connectivity index (χ0n) is 14.2. The first-order chi connectivity index (χ1) is 11.0. The van der Waals surface area contributed by atoms with Gasteiger partial charge < -0.3 is 9.66 Å². The predicted octanol–water partition coefficient (Wildman–Crippen LogP) is 2.04. The van der Waals surface area contributed by atoms with E-state index in [1.807, 2.05) is 25.1 Å². The third-order valence-corrected chi connectivity index (χ3v) is 5.53. The summed E-state index contributed by atoms with van der Waals surface area (Å²) in [5.41, 5.74) is 3.95. The molecule has 0 aliphatic carbocycles. The minimum Gasteiger partial charge on any atom is -0.748 e. The summed E-state index contributed by atoms with van der Waals surface area (Å²) in [5.74, 6) is -1.19. The SMILES string of the molecule is CC1=[N+](CCCS(=O)(=O)[O-])c2ccc(CCC(=O)O)cc2C1(C)C. The second-order valence-corrected chi connectivity index (χ2v) is 8.25. The quantitative estimate of drug-likeness (QED) is 0.597. The number of rotatable bonds is 7. The van der Waals surface area contributed by atoms with E-state index in [-0.39, 0.29) is 24.0 Å². The Kier molecular flexibility index (Phi) is 5.15. The lowest BCUT2D eigenvalue weighted by Gasteiger charge is -2.15. The molecule has 1 aromatic rings. The Morgan fingerprint density at radius 3 is 2.58 bits per heavy atom. The minimum atomic E-state index is -4.20. The lowest BCUT2D eigenvalue weighted by atomic mass is 9.81. The molecule has 0 atom stereocenters. The summed E-state index contributed by atoms with van der Waals surface area (Å²) < 4.78 is 34.5. The van der Waals surface area contributed by atoms with Crippen LogP contribution in [0.25, 0.3) is 0 Å². The molecule has 0 fully saturated rings. The van der Waals surface area contributed by atoms with Crippen LogP contribution >= 0.6 is 0 Å². The van der Waals surface area contributed by atoms with Gasteiger partial charge in [0.1, 0.15) is 6.54 Å². The van der Waals surface area contributed by atoms with Crippen molar-refractivity contribution in [1.82, 2.24) is 0 Å². The first kappa shape index (κ1) is 18.6. The molecular weight excluding hydrogens is 330 g/mol. The standard InChI is InChI=1S/C17H23NO5S/c1-12-17(2,3)14-11-13(6-8-16(19)20)5-7-15(14)18(12)9-4-10-24(21,22)23/h5,7,11H,4,6,8-10H2,1-3H3,(H-,19,20,21,22,23). The second-order valence-electron chi connectivity index (χ2n) is 6.72. The molecule has 0 unspecified atom stereocenters. The fourth-order valence-corrected chi connectivity index (χ4v) is 3.61. The molecule has 1 aliphatic heterocycles. The van der Waals surface area contributed by atoms with Crippen molar-refractivity contribution >= 4 is 27.5 Å². The summed E-state index contributed by atoms with van der Waals surface area (Å²) in [6.45, 7) is 6.65. The van der Waals surface area contributed by atoms with Gasteiger partial charge in [-0.15, -0.1) is 0 Å². The Balaban J connectivity index is 2.26. The summed E-state index contributed by atoms with van der Waals surface area (Å²) >= 11 is 0. The maximum atomic E-state index is 10.8. The molecule has 0 saturated heterocycles. The molecule has 0 amide bonds. The van der Waals surface area contributed by atoms with Gasteiger partial charge in [-0.3, -0.25) is 4.79 Å². The Morgan fingerprint density at radius 1 is 1.33 bits per heavy atom. The lowest BCUT2D eigenvalue weighted by Crippen LogP contribution is -2.27. The predicted molar refractivity (Wildman–Crippen MR) is 90.1 cm³/mol. The van der Waals surface area contributed by atoms with E-state index in [0.717, 1.165) is 22.5 Å². The van der Waals surface area contributed by atoms with Gasteiger partial charge in [-0.2, -0.15) is 4.58 Å². The van der Waals surface area contributed by atoms with Gasteiger partial charge in [-0.25, -0.2) is 8.42 Å². The molecule has 0 spiro atoms. The minimum absolute atomic E-state index is 0.0903. The van der Waals surface area contributed by atoms with E-state index in [2.05, 4.69) is 18.4 Å². The third-order valence-electron chi connectivity index (χ3n) is 4.74. The van der Waals surface area contributed by atoms with Crippen LogP contribution in [0.5, 0.6) is 0 Å². The zero-order chi connectivity index (χ0) is 18.1. The maximum Gasteiger partial charge on any atom is 0.303 e. The van der Waals surface area contributed by atoms with Crippen molar-refractivity contribution in [2.75, 3.05) is 12.3 Å². The number of fused-ring (bicyclic) bond motifs is 1. The number of carboxylic acids is 1. The smallest absolute Gasteiger partial charge is 0.303 e. The topological polar surface area (TPSA) is 97.5 Å². The highest BCUT2D eigenvalue weighted by molar-refractivity contribution is 7.85. The van der Waals surface area contributed by atoms with Gasteiger partial charge in [0.25, 0.3) is 0 Å². The Hall–Kier alpha value is -1.73. The monoisotopic (exact) mass is 353 g/mol. The van der Waals surface area contributed by atoms with Crippen LogP contribution in [0.15, 0.2) is 18.2 Å². The highest BCUT2D eigenvalue weighted by atomic mass is 32.2. The number of aliphatic carboxylic acids is 1. The maximum absolute atomic E-state index is 10.8. The van der Waals surface area contributed by atoms with Crippen LogP contribution in [0.4, 0.5) is 5.69 Å². The molecular formula is C17H23NO5S. The molecule has 0 aromatic heterocycles. The molecule has 24 heavy (non-hydrogen) atoms. The highest BCUT2D eigenvalue weighted by Crippen LogP contribution is 2.40. The van der Waals surface area contributed by atoms with Crippen LogP contribution in [0.3, 0.4) is 0 Å². The lowest BCUT2D eigenvalue weighted by molar-refractivity contribution is -0.438. The molecule has 0 radical (unpaired) electrons.